The Hall–Kier alpha value is -2.66. The number of nitrogens with one attached hydrogen (secondary N) is 1. The number of hydrogen-bond acceptors (Lipinski definition) is 4. The van der Waals surface area contributed by atoms with E-state index < -0.39 is 0 Å². The topological polar surface area (TPSA) is 52.0 Å². The molecule has 1 aliphatic carbocycles. The van der Waals surface area contributed by atoms with Gasteiger partial charge in [0.15, 0.2) is 0 Å². The summed E-state index contributed by atoms with van der Waals surface area (Å²) in [5.41, 5.74) is 6.14. The van der Waals surface area contributed by atoms with E-state index in [0.717, 1.165) is 29.6 Å². The Morgan fingerprint density at radius 2 is 2.08 bits per heavy atom. The average molecular weight is 348 g/mol. The van der Waals surface area contributed by atoms with Crippen LogP contribution in [0.25, 0.3) is 10.9 Å². The first-order valence-electron chi connectivity index (χ1n) is 9.10. The van der Waals surface area contributed by atoms with Crippen molar-refractivity contribution in [3.8, 4) is 5.88 Å². The summed E-state index contributed by atoms with van der Waals surface area (Å²) >= 11 is 0. The molecule has 0 aliphatic heterocycles. The second-order valence-electron chi connectivity index (χ2n) is 6.85. The van der Waals surface area contributed by atoms with Crippen molar-refractivity contribution in [1.29, 1.82) is 0 Å². The Morgan fingerprint density at radius 3 is 2.85 bits per heavy atom. The molecule has 3 aromatic rings. The number of benzene rings is 1. The first-order valence-corrected chi connectivity index (χ1v) is 9.10. The zero-order valence-corrected chi connectivity index (χ0v) is 15.2. The molecule has 0 fully saturated rings. The summed E-state index contributed by atoms with van der Waals surface area (Å²) in [6.45, 7) is 5.66. The van der Waals surface area contributed by atoms with Crippen molar-refractivity contribution in [2.24, 2.45) is 7.05 Å². The van der Waals surface area contributed by atoms with Gasteiger partial charge in [-0.15, -0.1) is 0 Å². The van der Waals surface area contributed by atoms with Crippen molar-refractivity contribution < 1.29 is 4.74 Å². The van der Waals surface area contributed by atoms with Crippen LogP contribution in [0.4, 0.5) is 0 Å². The van der Waals surface area contributed by atoms with E-state index in [1.54, 1.807) is 6.08 Å². The van der Waals surface area contributed by atoms with Gasteiger partial charge in [-0.05, 0) is 48.6 Å². The molecule has 4 rings (SSSR count). The lowest BCUT2D eigenvalue weighted by Gasteiger charge is -2.13. The predicted molar refractivity (Wildman–Crippen MR) is 103 cm³/mol. The van der Waals surface area contributed by atoms with E-state index in [4.69, 9.17) is 9.72 Å². The fourth-order valence-electron chi connectivity index (χ4n) is 3.57. The van der Waals surface area contributed by atoms with Gasteiger partial charge in [-0.3, -0.25) is 4.68 Å². The first kappa shape index (κ1) is 16.8. The molecule has 1 aromatic carbocycles. The highest BCUT2D eigenvalue weighted by atomic mass is 16.5. The zero-order chi connectivity index (χ0) is 17.9. The largest absolute Gasteiger partial charge is 0.473 e. The van der Waals surface area contributed by atoms with Crippen molar-refractivity contribution >= 4 is 10.9 Å². The molecular weight excluding hydrogens is 324 g/mol. The third-order valence-electron chi connectivity index (χ3n) is 4.81. The van der Waals surface area contributed by atoms with Crippen molar-refractivity contribution in [2.45, 2.75) is 32.4 Å². The van der Waals surface area contributed by atoms with Gasteiger partial charge in [0, 0.05) is 42.8 Å². The SMILES string of the molecule is C=CCOc1nc2cc3c(cc2cc1CNCc1cnn(C)c1)CCC3. The molecule has 0 spiro atoms. The number of fused-ring (bicyclic) bond motifs is 2. The number of hydrogen-bond donors (Lipinski definition) is 1. The average Bonchev–Trinajstić information content (AvgIpc) is 3.26. The van der Waals surface area contributed by atoms with Crippen LogP contribution < -0.4 is 10.1 Å². The summed E-state index contributed by atoms with van der Waals surface area (Å²) < 4.78 is 7.65. The monoisotopic (exact) mass is 348 g/mol. The van der Waals surface area contributed by atoms with Crippen LogP contribution in [-0.2, 0) is 33.0 Å². The molecule has 2 aromatic heterocycles. The maximum atomic E-state index is 5.84. The van der Waals surface area contributed by atoms with Crippen molar-refractivity contribution in [2.75, 3.05) is 6.61 Å². The molecule has 0 saturated carbocycles. The standard InChI is InChI=1S/C21H24N4O/c1-3-7-26-21-19(13-22-11-15-12-23-25(2)14-15)9-18-8-16-5-4-6-17(16)10-20(18)24-21/h3,8-10,12,14,22H,1,4-7,11,13H2,2H3. The Balaban J connectivity index is 1.59. The molecule has 0 atom stereocenters. The van der Waals surface area contributed by atoms with E-state index in [1.807, 2.05) is 24.1 Å². The number of nitrogens with zero attached hydrogens (tertiary/aromatic N) is 3. The van der Waals surface area contributed by atoms with E-state index in [0.29, 0.717) is 19.0 Å². The maximum absolute atomic E-state index is 5.84. The van der Waals surface area contributed by atoms with E-state index in [-0.39, 0.29) is 0 Å². The number of pyridine rings is 1. The lowest BCUT2D eigenvalue weighted by Crippen LogP contribution is -2.14. The molecule has 134 valence electrons. The van der Waals surface area contributed by atoms with Gasteiger partial charge in [0.1, 0.15) is 6.61 Å². The molecule has 1 N–H and O–H groups in total. The van der Waals surface area contributed by atoms with Gasteiger partial charge in [0.25, 0.3) is 0 Å². The van der Waals surface area contributed by atoms with Crippen LogP contribution in [0, 0.1) is 0 Å². The summed E-state index contributed by atoms with van der Waals surface area (Å²) in [6, 6.07) is 6.73. The van der Waals surface area contributed by atoms with E-state index in [2.05, 4.69) is 35.2 Å². The molecule has 0 saturated heterocycles. The van der Waals surface area contributed by atoms with E-state index in [1.165, 1.54) is 29.4 Å². The van der Waals surface area contributed by atoms with Crippen LogP contribution in [0.3, 0.4) is 0 Å². The Kier molecular flexibility index (Phi) is 4.71. The molecular formula is C21H24N4O. The minimum Gasteiger partial charge on any atom is -0.473 e. The van der Waals surface area contributed by atoms with Crippen molar-refractivity contribution in [1.82, 2.24) is 20.1 Å². The molecule has 2 heterocycles. The normalized spacial score (nSPS) is 13.1. The third-order valence-corrected chi connectivity index (χ3v) is 4.81. The van der Waals surface area contributed by atoms with Gasteiger partial charge in [-0.2, -0.15) is 5.10 Å². The van der Waals surface area contributed by atoms with Crippen LogP contribution in [0.15, 0.2) is 43.2 Å². The molecule has 0 radical (unpaired) electrons. The second kappa shape index (κ2) is 7.30. The fraction of sp³-hybridized carbons (Fsp3) is 0.333. The van der Waals surface area contributed by atoms with Gasteiger partial charge < -0.3 is 10.1 Å². The third kappa shape index (κ3) is 3.48. The highest BCUT2D eigenvalue weighted by Gasteiger charge is 2.15. The molecule has 1 aliphatic rings. The van der Waals surface area contributed by atoms with Crippen molar-refractivity contribution in [3.63, 3.8) is 0 Å². The fourth-order valence-corrected chi connectivity index (χ4v) is 3.57. The summed E-state index contributed by atoms with van der Waals surface area (Å²) in [4.78, 5) is 4.79. The maximum Gasteiger partial charge on any atom is 0.218 e. The minimum atomic E-state index is 0.457. The predicted octanol–water partition coefficient (Wildman–Crippen LogP) is 3.31. The van der Waals surface area contributed by atoms with Crippen LogP contribution >= 0.6 is 0 Å². The number of rotatable bonds is 7. The van der Waals surface area contributed by atoms with Gasteiger partial charge in [0.2, 0.25) is 5.88 Å². The quantitative estimate of drug-likeness (QED) is 0.666. The smallest absolute Gasteiger partial charge is 0.218 e. The zero-order valence-electron chi connectivity index (χ0n) is 15.2. The van der Waals surface area contributed by atoms with Crippen molar-refractivity contribution in [3.05, 3.63) is 65.5 Å². The number of aromatic nitrogens is 3. The molecule has 0 amide bonds. The van der Waals surface area contributed by atoms with Crippen LogP contribution in [0.5, 0.6) is 5.88 Å². The van der Waals surface area contributed by atoms with Crippen LogP contribution in [0.2, 0.25) is 0 Å². The molecule has 5 heteroatoms. The van der Waals surface area contributed by atoms with Gasteiger partial charge in [-0.1, -0.05) is 12.7 Å². The minimum absolute atomic E-state index is 0.457. The second-order valence-corrected chi connectivity index (χ2v) is 6.85. The Morgan fingerprint density at radius 1 is 1.23 bits per heavy atom. The summed E-state index contributed by atoms with van der Waals surface area (Å²) in [5, 5.41) is 8.86. The molecule has 5 nitrogen and oxygen atoms in total. The number of aryl methyl sites for hydroxylation is 3. The Bertz CT molecular complexity index is 945. The van der Waals surface area contributed by atoms with Crippen LogP contribution in [-0.4, -0.2) is 21.4 Å². The molecule has 26 heavy (non-hydrogen) atoms. The van der Waals surface area contributed by atoms with Crippen LogP contribution in [0.1, 0.15) is 28.7 Å². The summed E-state index contributed by atoms with van der Waals surface area (Å²) in [6.07, 6.45) is 9.22. The number of ether oxygens (including phenoxy) is 1. The highest BCUT2D eigenvalue weighted by Crippen LogP contribution is 2.29. The Labute approximate surface area is 153 Å². The first-order chi connectivity index (χ1) is 12.7. The summed E-state index contributed by atoms with van der Waals surface area (Å²) in [5.74, 6) is 0.689. The summed E-state index contributed by atoms with van der Waals surface area (Å²) in [7, 11) is 1.93. The highest BCUT2D eigenvalue weighted by molar-refractivity contribution is 5.82. The van der Waals surface area contributed by atoms with Gasteiger partial charge >= 0.3 is 0 Å². The lowest BCUT2D eigenvalue weighted by molar-refractivity contribution is 0.344. The molecule has 0 bridgehead atoms. The van der Waals surface area contributed by atoms with Gasteiger partial charge in [-0.25, -0.2) is 4.98 Å². The lowest BCUT2D eigenvalue weighted by atomic mass is 10.0. The van der Waals surface area contributed by atoms with E-state index >= 15 is 0 Å². The van der Waals surface area contributed by atoms with E-state index in [9.17, 15) is 0 Å². The molecule has 0 unspecified atom stereocenters. The van der Waals surface area contributed by atoms with Gasteiger partial charge in [0.05, 0.1) is 11.7 Å².